The summed E-state index contributed by atoms with van der Waals surface area (Å²) >= 11 is 0. The van der Waals surface area contributed by atoms with Gasteiger partial charge in [0.25, 0.3) is 0 Å². The van der Waals surface area contributed by atoms with Gasteiger partial charge in [0, 0.05) is 27.5 Å². The van der Waals surface area contributed by atoms with E-state index in [9.17, 15) is 0 Å². The average Bonchev–Trinajstić information content (AvgIpc) is 3.67. The molecule has 57 heavy (non-hydrogen) atoms. The second kappa shape index (κ2) is 13.6. The zero-order chi connectivity index (χ0) is 37.7. The van der Waals surface area contributed by atoms with Crippen LogP contribution in [0.1, 0.15) is 0 Å². The molecular weight excluding hydrogens is 695 g/mol. The highest BCUT2D eigenvalue weighted by atomic mass is 16.3. The molecule has 0 atom stereocenters. The van der Waals surface area contributed by atoms with Crippen molar-refractivity contribution < 1.29 is 4.42 Å². The van der Waals surface area contributed by atoms with Gasteiger partial charge in [0.15, 0.2) is 17.5 Å². The van der Waals surface area contributed by atoms with Crippen LogP contribution in [0.2, 0.25) is 0 Å². The molecule has 0 aliphatic carbocycles. The number of aromatic nitrogens is 3. The third-order valence-corrected chi connectivity index (χ3v) is 10.9. The molecular formula is C53H33N3O. The maximum Gasteiger partial charge on any atom is 0.164 e. The number of fused-ring (bicyclic) bond motifs is 5. The first-order chi connectivity index (χ1) is 28.2. The fourth-order valence-corrected chi connectivity index (χ4v) is 8.14. The fraction of sp³-hybridized carbons (Fsp3) is 0. The van der Waals surface area contributed by atoms with E-state index < -0.39 is 0 Å². The van der Waals surface area contributed by atoms with Crippen molar-refractivity contribution in [1.29, 1.82) is 0 Å². The highest BCUT2D eigenvalue weighted by molar-refractivity contribution is 6.13. The average molecular weight is 728 g/mol. The molecule has 0 amide bonds. The number of nitrogens with zero attached hydrogens (tertiary/aromatic N) is 3. The zero-order valence-corrected chi connectivity index (χ0v) is 30.8. The van der Waals surface area contributed by atoms with Gasteiger partial charge in [0.05, 0.1) is 0 Å². The summed E-state index contributed by atoms with van der Waals surface area (Å²) in [7, 11) is 0. The Labute approximate surface area is 329 Å². The first kappa shape index (κ1) is 32.7. The quantitative estimate of drug-likeness (QED) is 0.171. The van der Waals surface area contributed by atoms with Crippen molar-refractivity contribution in [2.24, 2.45) is 0 Å². The monoisotopic (exact) mass is 727 g/mol. The summed E-state index contributed by atoms with van der Waals surface area (Å²) in [6.45, 7) is 0. The molecule has 0 bridgehead atoms. The Morgan fingerprint density at radius 1 is 0.281 bits per heavy atom. The van der Waals surface area contributed by atoms with E-state index in [1.54, 1.807) is 0 Å². The van der Waals surface area contributed by atoms with Crippen LogP contribution < -0.4 is 0 Å². The van der Waals surface area contributed by atoms with Crippen LogP contribution in [0.4, 0.5) is 0 Å². The van der Waals surface area contributed by atoms with Gasteiger partial charge in [-0.2, -0.15) is 0 Å². The Bertz CT molecular complexity index is 3290. The molecule has 266 valence electrons. The normalized spacial score (nSPS) is 11.5. The predicted octanol–water partition coefficient (Wildman–Crippen LogP) is 14.1. The molecule has 0 aliphatic rings. The highest BCUT2D eigenvalue weighted by Gasteiger charge is 2.20. The molecule has 9 aromatic carbocycles. The molecule has 0 radical (unpaired) electrons. The maximum absolute atomic E-state index is 6.49. The van der Waals surface area contributed by atoms with E-state index in [1.165, 1.54) is 21.5 Å². The minimum Gasteiger partial charge on any atom is -0.456 e. The van der Waals surface area contributed by atoms with Crippen molar-refractivity contribution in [3.05, 3.63) is 200 Å². The molecule has 11 rings (SSSR count). The Morgan fingerprint density at radius 3 is 1.74 bits per heavy atom. The molecule has 4 nitrogen and oxygen atoms in total. The molecule has 0 unspecified atom stereocenters. The lowest BCUT2D eigenvalue weighted by molar-refractivity contribution is 0.669. The summed E-state index contributed by atoms with van der Waals surface area (Å²) < 4.78 is 6.49. The van der Waals surface area contributed by atoms with E-state index in [0.717, 1.165) is 72.0 Å². The Kier molecular flexibility index (Phi) is 7.78. The minimum atomic E-state index is 0.585. The van der Waals surface area contributed by atoms with E-state index in [-0.39, 0.29) is 0 Å². The molecule has 0 spiro atoms. The molecule has 0 fully saturated rings. The Hall–Kier alpha value is -7.69. The van der Waals surface area contributed by atoms with Crippen molar-refractivity contribution in [2.45, 2.75) is 0 Å². The van der Waals surface area contributed by atoms with Gasteiger partial charge < -0.3 is 4.42 Å². The smallest absolute Gasteiger partial charge is 0.164 e. The Balaban J connectivity index is 1.12. The van der Waals surface area contributed by atoms with Crippen LogP contribution in [0.15, 0.2) is 205 Å². The van der Waals surface area contributed by atoms with Crippen LogP contribution >= 0.6 is 0 Å². The zero-order valence-electron chi connectivity index (χ0n) is 30.8. The van der Waals surface area contributed by atoms with Gasteiger partial charge in [-0.3, -0.25) is 0 Å². The number of hydrogen-bond acceptors (Lipinski definition) is 4. The van der Waals surface area contributed by atoms with Crippen LogP contribution in [-0.4, -0.2) is 15.0 Å². The van der Waals surface area contributed by atoms with Crippen molar-refractivity contribution >= 4 is 43.5 Å². The van der Waals surface area contributed by atoms with Crippen LogP contribution in [0, 0.1) is 0 Å². The van der Waals surface area contributed by atoms with Gasteiger partial charge in [-0.25, -0.2) is 15.0 Å². The molecule has 0 saturated carbocycles. The topological polar surface area (TPSA) is 51.8 Å². The van der Waals surface area contributed by atoms with Gasteiger partial charge in [0.1, 0.15) is 11.2 Å². The molecule has 4 heteroatoms. The van der Waals surface area contributed by atoms with Gasteiger partial charge in [0.2, 0.25) is 0 Å². The number of rotatable bonds is 6. The van der Waals surface area contributed by atoms with E-state index in [2.05, 4.69) is 158 Å². The van der Waals surface area contributed by atoms with E-state index in [1.807, 2.05) is 42.5 Å². The minimum absolute atomic E-state index is 0.585. The Morgan fingerprint density at radius 2 is 0.895 bits per heavy atom. The van der Waals surface area contributed by atoms with Crippen molar-refractivity contribution in [2.75, 3.05) is 0 Å². The maximum atomic E-state index is 6.49. The van der Waals surface area contributed by atoms with Crippen LogP contribution in [0.5, 0.6) is 0 Å². The van der Waals surface area contributed by atoms with E-state index in [0.29, 0.717) is 17.5 Å². The fourth-order valence-electron chi connectivity index (χ4n) is 8.14. The summed E-state index contributed by atoms with van der Waals surface area (Å²) in [5.74, 6) is 1.79. The lowest BCUT2D eigenvalue weighted by atomic mass is 9.90. The molecule has 0 aliphatic heterocycles. The van der Waals surface area contributed by atoms with Gasteiger partial charge in [-0.05, 0) is 85.3 Å². The van der Waals surface area contributed by atoms with Gasteiger partial charge in [-0.15, -0.1) is 0 Å². The summed E-state index contributed by atoms with van der Waals surface area (Å²) in [6.07, 6.45) is 0. The first-order valence-electron chi connectivity index (χ1n) is 19.2. The summed E-state index contributed by atoms with van der Waals surface area (Å²) in [4.78, 5) is 15.6. The van der Waals surface area contributed by atoms with Gasteiger partial charge >= 0.3 is 0 Å². The molecule has 0 N–H and O–H groups in total. The number of benzene rings is 9. The van der Waals surface area contributed by atoms with Crippen LogP contribution in [0.25, 0.3) is 111 Å². The SMILES string of the molecule is c1ccc(-c2nc(-c3ccc(-c4ccccc4)c(-c4cccc5ccccc45)c3)nc(-c3cccc4oc5ccc(-c6ccc7ccccc7c6)cc5c34)n2)cc1. The van der Waals surface area contributed by atoms with Crippen molar-refractivity contribution in [3.63, 3.8) is 0 Å². The summed E-state index contributed by atoms with van der Waals surface area (Å²) in [6, 6.07) is 70.0. The third-order valence-electron chi connectivity index (χ3n) is 10.9. The second-order valence-electron chi connectivity index (χ2n) is 14.4. The van der Waals surface area contributed by atoms with E-state index >= 15 is 0 Å². The first-order valence-corrected chi connectivity index (χ1v) is 19.2. The number of furan rings is 1. The third kappa shape index (κ3) is 5.83. The van der Waals surface area contributed by atoms with Crippen LogP contribution in [-0.2, 0) is 0 Å². The second-order valence-corrected chi connectivity index (χ2v) is 14.4. The standard InChI is InChI=1S/C53H33N3O/c1-3-14-35(15-4-1)43-29-27-41(33-46(43)44-22-11-20-36-16-9-10-21-42(36)44)52-54-51(37-17-5-2-6-18-37)55-53(56-52)45-23-12-24-49-50(45)47-32-40(28-30-48(47)57-49)39-26-25-34-13-7-8-19-38(34)31-39/h1-33H. The lowest BCUT2D eigenvalue weighted by Crippen LogP contribution is -2.01. The summed E-state index contributed by atoms with van der Waals surface area (Å²) in [5, 5.41) is 6.80. The largest absolute Gasteiger partial charge is 0.456 e. The lowest BCUT2D eigenvalue weighted by Gasteiger charge is -2.15. The van der Waals surface area contributed by atoms with Gasteiger partial charge in [-0.1, -0.05) is 170 Å². The van der Waals surface area contributed by atoms with Crippen LogP contribution in [0.3, 0.4) is 0 Å². The molecule has 2 aromatic heterocycles. The predicted molar refractivity (Wildman–Crippen MR) is 235 cm³/mol. The van der Waals surface area contributed by atoms with Crippen molar-refractivity contribution in [1.82, 2.24) is 15.0 Å². The van der Waals surface area contributed by atoms with Crippen molar-refractivity contribution in [3.8, 4) is 67.5 Å². The van der Waals surface area contributed by atoms with E-state index in [4.69, 9.17) is 19.4 Å². The molecule has 11 aromatic rings. The molecule has 2 heterocycles. The summed E-state index contributed by atoms with van der Waals surface area (Å²) in [5.41, 5.74) is 11.1. The number of hydrogen-bond donors (Lipinski definition) is 0. The molecule has 0 saturated heterocycles. The highest BCUT2D eigenvalue weighted by Crippen LogP contribution is 2.41.